The zero-order valence-electron chi connectivity index (χ0n) is 14.2. The number of hydrogen-bond donors (Lipinski definition) is 2. The number of aryl methyl sites for hydroxylation is 2. The quantitative estimate of drug-likeness (QED) is 0.678. The Morgan fingerprint density at radius 1 is 0.875 bits per heavy atom. The summed E-state index contributed by atoms with van der Waals surface area (Å²) in [6.45, 7) is 4.32. The van der Waals surface area contributed by atoms with E-state index in [2.05, 4.69) is 83.0 Å². The SMILES string of the molecule is CCc1cccc(Nc2nccnc2[NH2+]c2cccc(CC)c2)c1. The molecule has 1 heterocycles. The van der Waals surface area contributed by atoms with Crippen molar-refractivity contribution in [2.75, 3.05) is 5.32 Å². The monoisotopic (exact) mass is 319 g/mol. The first kappa shape index (κ1) is 16.1. The van der Waals surface area contributed by atoms with Crippen molar-refractivity contribution in [2.24, 2.45) is 0 Å². The fourth-order valence-corrected chi connectivity index (χ4v) is 2.62. The summed E-state index contributed by atoms with van der Waals surface area (Å²) in [5, 5.41) is 5.46. The summed E-state index contributed by atoms with van der Waals surface area (Å²) in [7, 11) is 0. The molecule has 0 atom stereocenters. The predicted molar refractivity (Wildman–Crippen MR) is 98.2 cm³/mol. The van der Waals surface area contributed by atoms with Crippen molar-refractivity contribution >= 4 is 23.0 Å². The Morgan fingerprint density at radius 3 is 2.38 bits per heavy atom. The van der Waals surface area contributed by atoms with E-state index in [1.165, 1.54) is 11.1 Å². The molecule has 0 spiro atoms. The summed E-state index contributed by atoms with van der Waals surface area (Å²) in [5.74, 6) is 1.61. The standard InChI is InChI=1S/C20H22N4/c1-3-15-7-5-9-17(13-15)23-19-20(22-12-11-21-19)24-18-10-6-8-16(4-2)14-18/h5-14H,3-4H2,1-2H3,(H,21,23)(H,22,24)/p+1. The molecule has 0 saturated carbocycles. The molecule has 0 bridgehead atoms. The second-order valence-corrected chi connectivity index (χ2v) is 5.71. The minimum absolute atomic E-state index is 0.771. The third kappa shape index (κ3) is 3.97. The van der Waals surface area contributed by atoms with Gasteiger partial charge in [0.05, 0.1) is 6.20 Å². The molecule has 1 aromatic heterocycles. The zero-order chi connectivity index (χ0) is 16.8. The Labute approximate surface area is 143 Å². The van der Waals surface area contributed by atoms with Gasteiger partial charge in [-0.2, -0.15) is 4.98 Å². The average Bonchev–Trinajstić information content (AvgIpc) is 2.64. The van der Waals surface area contributed by atoms with Crippen LogP contribution in [-0.2, 0) is 12.8 Å². The lowest BCUT2D eigenvalue weighted by Gasteiger charge is -2.09. The van der Waals surface area contributed by atoms with Gasteiger partial charge in [-0.15, -0.1) is 0 Å². The number of nitrogens with zero attached hydrogens (tertiary/aromatic N) is 2. The third-order valence-corrected chi connectivity index (χ3v) is 3.99. The van der Waals surface area contributed by atoms with Crippen LogP contribution >= 0.6 is 0 Å². The van der Waals surface area contributed by atoms with Gasteiger partial charge in [0.15, 0.2) is 0 Å². The number of hydrogen-bond acceptors (Lipinski definition) is 3. The van der Waals surface area contributed by atoms with Crippen molar-refractivity contribution in [1.29, 1.82) is 0 Å². The molecule has 0 radical (unpaired) electrons. The van der Waals surface area contributed by atoms with Crippen LogP contribution in [-0.4, -0.2) is 9.97 Å². The van der Waals surface area contributed by atoms with E-state index in [1.807, 2.05) is 0 Å². The Bertz CT molecular complexity index is 745. The molecule has 0 amide bonds. The lowest BCUT2D eigenvalue weighted by atomic mass is 10.1. The molecule has 0 saturated heterocycles. The zero-order valence-corrected chi connectivity index (χ0v) is 14.2. The molecule has 122 valence electrons. The molecule has 2 aromatic carbocycles. The van der Waals surface area contributed by atoms with Gasteiger partial charge in [0.2, 0.25) is 5.82 Å². The van der Waals surface area contributed by atoms with E-state index in [4.69, 9.17) is 0 Å². The fraction of sp³-hybridized carbons (Fsp3) is 0.200. The van der Waals surface area contributed by atoms with Crippen molar-refractivity contribution < 1.29 is 5.32 Å². The van der Waals surface area contributed by atoms with E-state index in [-0.39, 0.29) is 0 Å². The lowest BCUT2D eigenvalue weighted by Crippen LogP contribution is -2.71. The van der Waals surface area contributed by atoms with E-state index in [1.54, 1.807) is 12.4 Å². The van der Waals surface area contributed by atoms with E-state index in [9.17, 15) is 0 Å². The van der Waals surface area contributed by atoms with Crippen LogP contribution in [0.15, 0.2) is 60.9 Å². The van der Waals surface area contributed by atoms with Crippen molar-refractivity contribution in [1.82, 2.24) is 9.97 Å². The van der Waals surface area contributed by atoms with Gasteiger partial charge in [-0.05, 0) is 42.2 Å². The molecular weight excluding hydrogens is 296 g/mol. The molecule has 0 fully saturated rings. The van der Waals surface area contributed by atoms with Gasteiger partial charge < -0.3 is 5.32 Å². The highest BCUT2D eigenvalue weighted by atomic mass is 15.1. The highest BCUT2D eigenvalue weighted by Crippen LogP contribution is 2.20. The summed E-state index contributed by atoms with van der Waals surface area (Å²) < 4.78 is 0. The molecule has 4 nitrogen and oxygen atoms in total. The van der Waals surface area contributed by atoms with Gasteiger partial charge >= 0.3 is 0 Å². The fourth-order valence-electron chi connectivity index (χ4n) is 2.62. The topological polar surface area (TPSA) is 54.4 Å². The van der Waals surface area contributed by atoms with Crippen molar-refractivity contribution in [3.63, 3.8) is 0 Å². The maximum absolute atomic E-state index is 4.49. The van der Waals surface area contributed by atoms with Crippen molar-refractivity contribution in [2.45, 2.75) is 26.7 Å². The number of rotatable bonds is 6. The molecule has 24 heavy (non-hydrogen) atoms. The summed E-state index contributed by atoms with van der Waals surface area (Å²) in [6, 6.07) is 16.9. The second kappa shape index (κ2) is 7.70. The van der Waals surface area contributed by atoms with E-state index in [0.717, 1.165) is 35.9 Å². The van der Waals surface area contributed by atoms with Crippen molar-refractivity contribution in [3.8, 4) is 0 Å². The maximum atomic E-state index is 4.49. The number of anilines is 2. The molecule has 0 aliphatic rings. The highest BCUT2D eigenvalue weighted by Gasteiger charge is 2.11. The first-order chi connectivity index (χ1) is 11.8. The third-order valence-electron chi connectivity index (χ3n) is 3.99. The molecule has 3 rings (SSSR count). The molecule has 0 unspecified atom stereocenters. The van der Waals surface area contributed by atoms with Crippen LogP contribution in [0.1, 0.15) is 25.0 Å². The highest BCUT2D eigenvalue weighted by molar-refractivity contribution is 5.63. The van der Waals surface area contributed by atoms with Gasteiger partial charge in [-0.1, -0.05) is 38.1 Å². The van der Waals surface area contributed by atoms with Crippen LogP contribution in [0.25, 0.3) is 0 Å². The Morgan fingerprint density at radius 2 is 1.58 bits per heavy atom. The summed E-state index contributed by atoms with van der Waals surface area (Å²) in [5.41, 5.74) is 4.79. The minimum Gasteiger partial charge on any atom is -0.334 e. The van der Waals surface area contributed by atoms with E-state index < -0.39 is 0 Å². The lowest BCUT2D eigenvalue weighted by molar-refractivity contribution is -0.482. The molecule has 4 heteroatoms. The molecule has 3 aromatic rings. The molecular formula is C20H23N4+. The van der Waals surface area contributed by atoms with Crippen LogP contribution in [0, 0.1) is 0 Å². The van der Waals surface area contributed by atoms with Gasteiger partial charge in [-0.3, -0.25) is 5.32 Å². The second-order valence-electron chi connectivity index (χ2n) is 5.71. The minimum atomic E-state index is 0.771. The average molecular weight is 319 g/mol. The van der Waals surface area contributed by atoms with Gasteiger partial charge in [0, 0.05) is 18.0 Å². The van der Waals surface area contributed by atoms with Crippen LogP contribution in [0.4, 0.5) is 23.0 Å². The number of nitrogens with two attached hydrogens (primary N) is 1. The first-order valence-corrected chi connectivity index (χ1v) is 8.39. The number of nitrogens with one attached hydrogen (secondary N) is 1. The smallest absolute Gasteiger partial charge is 0.273 e. The van der Waals surface area contributed by atoms with Gasteiger partial charge in [-0.25, -0.2) is 4.98 Å². The Balaban J connectivity index is 1.84. The van der Waals surface area contributed by atoms with Crippen LogP contribution in [0.5, 0.6) is 0 Å². The molecule has 3 N–H and O–H groups in total. The number of aromatic nitrogens is 2. The Hall–Kier alpha value is -2.72. The van der Waals surface area contributed by atoms with Crippen molar-refractivity contribution in [3.05, 3.63) is 72.1 Å². The van der Waals surface area contributed by atoms with Gasteiger partial charge in [0.25, 0.3) is 5.82 Å². The molecule has 0 aliphatic heterocycles. The van der Waals surface area contributed by atoms with Crippen LogP contribution in [0.2, 0.25) is 0 Å². The van der Waals surface area contributed by atoms with E-state index >= 15 is 0 Å². The number of benzene rings is 2. The first-order valence-electron chi connectivity index (χ1n) is 8.39. The predicted octanol–water partition coefficient (Wildman–Crippen LogP) is 3.87. The number of quaternary nitrogens is 1. The largest absolute Gasteiger partial charge is 0.334 e. The molecule has 0 aliphatic carbocycles. The summed E-state index contributed by atoms with van der Waals surface area (Å²) >= 11 is 0. The van der Waals surface area contributed by atoms with Crippen LogP contribution in [0.3, 0.4) is 0 Å². The summed E-state index contributed by atoms with van der Waals surface area (Å²) in [4.78, 5) is 8.95. The van der Waals surface area contributed by atoms with Crippen LogP contribution < -0.4 is 10.6 Å². The normalized spacial score (nSPS) is 10.6. The summed E-state index contributed by atoms with van der Waals surface area (Å²) in [6.07, 6.45) is 5.48. The van der Waals surface area contributed by atoms with Gasteiger partial charge in [0.1, 0.15) is 5.69 Å². The maximum Gasteiger partial charge on any atom is 0.273 e. The van der Waals surface area contributed by atoms with E-state index in [0.29, 0.717) is 0 Å². The Kier molecular flexibility index (Phi) is 5.18.